The molecule has 0 spiro atoms. The normalized spacial score (nSPS) is 22.4. The van der Waals surface area contributed by atoms with Crippen LogP contribution in [0.1, 0.15) is 30.1 Å². The van der Waals surface area contributed by atoms with Gasteiger partial charge in [0.1, 0.15) is 0 Å². The third-order valence-electron chi connectivity index (χ3n) is 3.52. The molecule has 1 aromatic carbocycles. The van der Waals surface area contributed by atoms with Crippen LogP contribution < -0.4 is 4.90 Å². The van der Waals surface area contributed by atoms with Crippen molar-refractivity contribution in [2.75, 3.05) is 18.5 Å². The van der Waals surface area contributed by atoms with E-state index in [1.165, 1.54) is 0 Å². The molecule has 18 heavy (non-hydrogen) atoms. The minimum absolute atomic E-state index is 0.0678. The zero-order valence-corrected chi connectivity index (χ0v) is 12.3. The molecule has 1 N–H and O–H groups in total. The van der Waals surface area contributed by atoms with E-state index in [-0.39, 0.29) is 11.9 Å². The number of carbonyl (C=O) groups excluding carboxylic acids is 1. The molecule has 0 saturated heterocycles. The summed E-state index contributed by atoms with van der Waals surface area (Å²) in [6.45, 7) is 2.52. The molecule has 1 saturated carbocycles. The van der Waals surface area contributed by atoms with Gasteiger partial charge in [-0.3, -0.25) is 4.79 Å². The first kappa shape index (κ1) is 13.6. The summed E-state index contributed by atoms with van der Waals surface area (Å²) < 4.78 is 0.841. The first-order valence-electron chi connectivity index (χ1n) is 6.17. The van der Waals surface area contributed by atoms with E-state index in [1.807, 2.05) is 25.2 Å². The van der Waals surface area contributed by atoms with Crippen LogP contribution >= 0.6 is 15.9 Å². The van der Waals surface area contributed by atoms with Crippen molar-refractivity contribution >= 4 is 27.4 Å². The van der Waals surface area contributed by atoms with Gasteiger partial charge >= 0.3 is 0 Å². The number of anilines is 1. The molecule has 0 unspecified atom stereocenters. The highest BCUT2D eigenvalue weighted by atomic mass is 79.9. The summed E-state index contributed by atoms with van der Waals surface area (Å²) in [5, 5.41) is 9.28. The van der Waals surface area contributed by atoms with Crippen LogP contribution in [0.2, 0.25) is 0 Å². The summed E-state index contributed by atoms with van der Waals surface area (Å²) in [6, 6.07) is 5.80. The van der Waals surface area contributed by atoms with Crippen molar-refractivity contribution in [1.82, 2.24) is 0 Å². The van der Waals surface area contributed by atoms with E-state index < -0.39 is 0 Å². The smallest absolute Gasteiger partial charge is 0.160 e. The van der Waals surface area contributed by atoms with Gasteiger partial charge in [-0.25, -0.2) is 0 Å². The van der Waals surface area contributed by atoms with Crippen LogP contribution in [0.15, 0.2) is 22.7 Å². The molecular formula is C14H18BrNO2. The van der Waals surface area contributed by atoms with Gasteiger partial charge in [0.2, 0.25) is 0 Å². The van der Waals surface area contributed by atoms with Crippen LogP contribution in [-0.4, -0.2) is 30.6 Å². The second-order valence-corrected chi connectivity index (χ2v) is 5.95. The van der Waals surface area contributed by atoms with E-state index >= 15 is 0 Å². The first-order valence-corrected chi connectivity index (χ1v) is 6.96. The third kappa shape index (κ3) is 2.93. The second kappa shape index (κ2) is 5.41. The van der Waals surface area contributed by atoms with Crippen LogP contribution in [0, 0.1) is 5.92 Å². The predicted octanol–water partition coefficient (Wildman–Crippen LogP) is 2.86. The number of carbonyl (C=O) groups is 1. The monoisotopic (exact) mass is 311 g/mol. The molecule has 0 radical (unpaired) electrons. The van der Waals surface area contributed by atoms with Gasteiger partial charge in [-0.1, -0.05) is 0 Å². The van der Waals surface area contributed by atoms with Gasteiger partial charge in [0.25, 0.3) is 0 Å². The van der Waals surface area contributed by atoms with Gasteiger partial charge in [-0.2, -0.15) is 0 Å². The van der Waals surface area contributed by atoms with Crippen LogP contribution in [-0.2, 0) is 0 Å². The van der Waals surface area contributed by atoms with E-state index in [0.29, 0.717) is 11.5 Å². The average Bonchev–Trinajstić information content (AvgIpc) is 2.26. The highest BCUT2D eigenvalue weighted by Gasteiger charge is 2.28. The number of hydrogen-bond acceptors (Lipinski definition) is 3. The predicted molar refractivity (Wildman–Crippen MR) is 76.1 cm³/mol. The zero-order valence-electron chi connectivity index (χ0n) is 10.7. The van der Waals surface area contributed by atoms with E-state index in [1.54, 1.807) is 6.92 Å². The summed E-state index contributed by atoms with van der Waals surface area (Å²) in [7, 11) is 2.04. The number of rotatable bonds is 4. The van der Waals surface area contributed by atoms with E-state index in [9.17, 15) is 9.90 Å². The van der Waals surface area contributed by atoms with Gasteiger partial charge in [-0.05, 0) is 59.8 Å². The Morgan fingerprint density at radius 1 is 1.50 bits per heavy atom. The molecule has 1 fully saturated rings. The van der Waals surface area contributed by atoms with Crippen LogP contribution in [0.25, 0.3) is 0 Å². The van der Waals surface area contributed by atoms with E-state index in [0.717, 1.165) is 29.5 Å². The molecule has 0 aromatic heterocycles. The maximum atomic E-state index is 11.3. The largest absolute Gasteiger partial charge is 0.393 e. The van der Waals surface area contributed by atoms with Gasteiger partial charge in [0.15, 0.2) is 5.78 Å². The maximum absolute atomic E-state index is 11.3. The lowest BCUT2D eigenvalue weighted by molar-refractivity contribution is 0.0465. The van der Waals surface area contributed by atoms with E-state index in [4.69, 9.17) is 0 Å². The molecule has 1 aromatic rings. The fraction of sp³-hybridized carbons (Fsp3) is 0.500. The fourth-order valence-electron chi connectivity index (χ4n) is 2.37. The number of aliphatic hydroxyl groups is 1. The lowest BCUT2D eigenvalue weighted by atomic mass is 9.82. The van der Waals surface area contributed by atoms with Crippen molar-refractivity contribution in [3.05, 3.63) is 28.2 Å². The number of nitrogens with zero attached hydrogens (tertiary/aromatic N) is 1. The Morgan fingerprint density at radius 3 is 2.67 bits per heavy atom. The molecule has 0 heterocycles. The van der Waals surface area contributed by atoms with Crippen LogP contribution in [0.5, 0.6) is 0 Å². The minimum Gasteiger partial charge on any atom is -0.393 e. The van der Waals surface area contributed by atoms with Gasteiger partial charge < -0.3 is 10.0 Å². The van der Waals surface area contributed by atoms with E-state index in [2.05, 4.69) is 20.8 Å². The average molecular weight is 312 g/mol. The maximum Gasteiger partial charge on any atom is 0.160 e. The Kier molecular flexibility index (Phi) is 4.07. The first-order chi connectivity index (χ1) is 8.47. The fourth-order valence-corrected chi connectivity index (χ4v) is 3.02. The quantitative estimate of drug-likeness (QED) is 0.869. The summed E-state index contributed by atoms with van der Waals surface area (Å²) in [5.41, 5.74) is 1.81. The number of benzene rings is 1. The highest BCUT2D eigenvalue weighted by molar-refractivity contribution is 9.10. The van der Waals surface area contributed by atoms with Crippen LogP contribution in [0.4, 0.5) is 5.69 Å². The van der Waals surface area contributed by atoms with Crippen molar-refractivity contribution in [2.24, 2.45) is 5.92 Å². The second-order valence-electron chi connectivity index (χ2n) is 5.09. The Balaban J connectivity index is 2.04. The number of Topliss-reactive ketones (excluding diaryl/α,β-unsaturated/α-hetero) is 1. The molecule has 0 aliphatic heterocycles. The van der Waals surface area contributed by atoms with Gasteiger partial charge in [0.05, 0.1) is 6.10 Å². The lowest BCUT2D eigenvalue weighted by Gasteiger charge is -2.35. The van der Waals surface area contributed by atoms with Crippen molar-refractivity contribution in [3.63, 3.8) is 0 Å². The Labute approximate surface area is 116 Å². The molecule has 3 nitrogen and oxygen atoms in total. The molecule has 0 atom stereocenters. The van der Waals surface area contributed by atoms with Crippen molar-refractivity contribution < 1.29 is 9.90 Å². The van der Waals surface area contributed by atoms with Gasteiger partial charge in [0, 0.05) is 29.3 Å². The molecule has 1 aliphatic rings. The third-order valence-corrected chi connectivity index (χ3v) is 4.17. The van der Waals surface area contributed by atoms with Crippen molar-refractivity contribution in [1.29, 1.82) is 0 Å². The standard InChI is InChI=1S/C14H18BrNO2/c1-9(17)13-4-3-11(7-14(13)15)16(2)8-10-5-12(18)6-10/h3-4,7,10,12,18H,5-6,8H2,1-2H3. The van der Waals surface area contributed by atoms with Gasteiger partial charge in [-0.15, -0.1) is 0 Å². The van der Waals surface area contributed by atoms with Crippen LogP contribution in [0.3, 0.4) is 0 Å². The molecular weight excluding hydrogens is 294 g/mol. The van der Waals surface area contributed by atoms with Crippen molar-refractivity contribution in [2.45, 2.75) is 25.9 Å². The number of halogens is 1. The Morgan fingerprint density at radius 2 is 2.17 bits per heavy atom. The molecule has 0 amide bonds. The minimum atomic E-state index is -0.102. The van der Waals surface area contributed by atoms with Crippen molar-refractivity contribution in [3.8, 4) is 0 Å². The molecule has 1 aliphatic carbocycles. The number of hydrogen-bond donors (Lipinski definition) is 1. The molecule has 4 heteroatoms. The highest BCUT2D eigenvalue weighted by Crippen LogP contribution is 2.30. The summed E-state index contributed by atoms with van der Waals surface area (Å²) in [4.78, 5) is 13.5. The summed E-state index contributed by atoms with van der Waals surface area (Å²) in [6.07, 6.45) is 1.70. The topological polar surface area (TPSA) is 40.5 Å². The number of aliphatic hydroxyl groups excluding tert-OH is 1. The molecule has 98 valence electrons. The Bertz CT molecular complexity index is 455. The number of ketones is 1. The lowest BCUT2D eigenvalue weighted by Crippen LogP contribution is -2.37. The summed E-state index contributed by atoms with van der Waals surface area (Å²) in [5.74, 6) is 0.648. The summed E-state index contributed by atoms with van der Waals surface area (Å²) >= 11 is 3.44. The SMILES string of the molecule is CC(=O)c1ccc(N(C)CC2CC(O)C2)cc1Br. The Hall–Kier alpha value is -0.870. The molecule has 2 rings (SSSR count). The zero-order chi connectivity index (χ0) is 13.3. The molecule has 0 bridgehead atoms.